The molecule has 0 radical (unpaired) electrons. The summed E-state index contributed by atoms with van der Waals surface area (Å²) in [6.07, 6.45) is -6.59. The van der Waals surface area contributed by atoms with Crippen LogP contribution in [0.1, 0.15) is 19.4 Å². The van der Waals surface area contributed by atoms with Gasteiger partial charge in [0.05, 0.1) is 13.2 Å². The summed E-state index contributed by atoms with van der Waals surface area (Å²) in [7, 11) is 0. The average Bonchev–Trinajstić information content (AvgIpc) is 2.48. The van der Waals surface area contributed by atoms with Crippen LogP contribution in [0.15, 0.2) is 24.3 Å². The number of rotatable bonds is 6. The van der Waals surface area contributed by atoms with Crippen molar-refractivity contribution in [2.24, 2.45) is 0 Å². The largest absolute Gasteiger partial charge is 0.463 e. The van der Waals surface area contributed by atoms with Crippen LogP contribution in [-0.2, 0) is 14.3 Å². The normalized spacial score (nSPS) is 13.6. The van der Waals surface area contributed by atoms with E-state index in [0.717, 1.165) is 0 Å². The molecule has 9 heteroatoms. The molecule has 1 atom stereocenters. The quantitative estimate of drug-likeness (QED) is 0.611. The number of amides is 1. The van der Waals surface area contributed by atoms with E-state index in [4.69, 9.17) is 0 Å². The van der Waals surface area contributed by atoms with E-state index in [0.29, 0.717) is 5.56 Å². The number of para-hydroxylation sites is 1. The summed E-state index contributed by atoms with van der Waals surface area (Å²) in [5, 5.41) is 3.62. The first-order chi connectivity index (χ1) is 11.2. The van der Waals surface area contributed by atoms with E-state index in [1.807, 2.05) is 0 Å². The fraction of sp³-hybridized carbons (Fsp3) is 0.467. The number of aryl methyl sites for hydroxylation is 1. The molecule has 24 heavy (non-hydrogen) atoms. The van der Waals surface area contributed by atoms with Gasteiger partial charge >= 0.3 is 23.9 Å². The molecule has 0 unspecified atom stereocenters. The Morgan fingerprint density at radius 2 is 1.67 bits per heavy atom. The molecule has 0 aliphatic heterocycles. The highest BCUT2D eigenvalue weighted by atomic mass is 19.4. The van der Waals surface area contributed by atoms with Crippen LogP contribution in [0, 0.1) is 6.92 Å². The Bertz CT molecular complexity index is 592. The number of alkyl halides is 3. The third-order valence-corrected chi connectivity index (χ3v) is 3.04. The lowest BCUT2D eigenvalue weighted by molar-refractivity contribution is -0.205. The number of halogens is 3. The molecule has 2 N–H and O–H groups in total. The van der Waals surface area contributed by atoms with Crippen molar-refractivity contribution in [2.45, 2.75) is 32.6 Å². The molecule has 0 bridgehead atoms. The first-order valence-corrected chi connectivity index (χ1v) is 7.20. The van der Waals surface area contributed by atoms with Crippen molar-refractivity contribution >= 4 is 17.7 Å². The van der Waals surface area contributed by atoms with E-state index >= 15 is 0 Å². The summed E-state index contributed by atoms with van der Waals surface area (Å²) in [6.45, 7) is 3.88. The van der Waals surface area contributed by atoms with Gasteiger partial charge in [0.1, 0.15) is 0 Å². The number of carbonyl (C=O) groups is 2. The topological polar surface area (TPSA) is 76.7 Å². The maximum Gasteiger partial charge on any atom is 0.442 e. The van der Waals surface area contributed by atoms with E-state index in [1.54, 1.807) is 24.4 Å². The molecule has 0 fully saturated rings. The van der Waals surface area contributed by atoms with Crippen LogP contribution < -0.4 is 10.6 Å². The zero-order valence-electron chi connectivity index (χ0n) is 13.5. The molecule has 0 aliphatic rings. The number of hydrogen-bond acceptors (Lipinski definition) is 5. The highest BCUT2D eigenvalue weighted by Crippen LogP contribution is 2.34. The minimum Gasteiger partial charge on any atom is -0.463 e. The molecule has 6 nitrogen and oxygen atoms in total. The van der Waals surface area contributed by atoms with Gasteiger partial charge in [-0.05, 0) is 32.4 Å². The molecular weight excluding hydrogens is 329 g/mol. The van der Waals surface area contributed by atoms with Crippen LogP contribution >= 0.6 is 0 Å². The molecule has 1 rings (SSSR count). The molecule has 134 valence electrons. The second kappa shape index (κ2) is 7.89. The number of benzene rings is 1. The highest BCUT2D eigenvalue weighted by Gasteiger charge is 2.64. The summed E-state index contributed by atoms with van der Waals surface area (Å²) >= 11 is 0. The molecule has 0 aromatic heterocycles. The summed E-state index contributed by atoms with van der Waals surface area (Å²) in [6, 6.07) is 6.02. The number of ether oxygens (including phenoxy) is 2. The van der Waals surface area contributed by atoms with Gasteiger partial charge in [0.15, 0.2) is 0 Å². The Hall–Kier alpha value is -2.45. The lowest BCUT2D eigenvalue weighted by Crippen LogP contribution is -2.69. The van der Waals surface area contributed by atoms with Crippen LogP contribution in [0.25, 0.3) is 0 Å². The van der Waals surface area contributed by atoms with Gasteiger partial charge in [-0.15, -0.1) is 0 Å². The standard InChI is InChI=1S/C15H19F3N2O4/c1-4-23-12(21)14(15(16,17)18,20-13(22)24-5-2)19-11-9-7-6-8-10(11)3/h6-9,19H,4-5H2,1-3H3,(H,20,22)/t14-/m0/s1. The number of nitrogens with one attached hydrogen (secondary N) is 2. The van der Waals surface area contributed by atoms with Gasteiger partial charge in [0, 0.05) is 5.69 Å². The molecule has 0 heterocycles. The third kappa shape index (κ3) is 4.30. The molecule has 0 spiro atoms. The molecule has 0 saturated carbocycles. The van der Waals surface area contributed by atoms with Crippen LogP contribution in [0.3, 0.4) is 0 Å². The molecule has 1 aromatic carbocycles. The Kier molecular flexibility index (Phi) is 6.44. The van der Waals surface area contributed by atoms with E-state index in [9.17, 15) is 22.8 Å². The highest BCUT2D eigenvalue weighted by molar-refractivity contribution is 5.89. The second-order valence-corrected chi connectivity index (χ2v) is 4.75. The zero-order chi connectivity index (χ0) is 18.4. The second-order valence-electron chi connectivity index (χ2n) is 4.75. The van der Waals surface area contributed by atoms with Gasteiger partial charge < -0.3 is 14.8 Å². The van der Waals surface area contributed by atoms with E-state index < -0.39 is 23.9 Å². The van der Waals surface area contributed by atoms with Crippen LogP contribution in [0.2, 0.25) is 0 Å². The van der Waals surface area contributed by atoms with Crippen molar-refractivity contribution < 1.29 is 32.2 Å². The smallest absolute Gasteiger partial charge is 0.442 e. The summed E-state index contributed by atoms with van der Waals surface area (Å²) in [5.74, 6) is -1.69. The van der Waals surface area contributed by atoms with Crippen LogP contribution in [-0.4, -0.2) is 37.1 Å². The van der Waals surface area contributed by atoms with Gasteiger partial charge in [-0.2, -0.15) is 13.2 Å². The molecule has 1 amide bonds. The van der Waals surface area contributed by atoms with Crippen molar-refractivity contribution in [1.82, 2.24) is 5.32 Å². The number of hydrogen-bond donors (Lipinski definition) is 2. The first-order valence-electron chi connectivity index (χ1n) is 7.20. The maximum atomic E-state index is 13.7. The minimum atomic E-state index is -5.19. The van der Waals surface area contributed by atoms with E-state index in [1.165, 1.54) is 26.0 Å². The van der Waals surface area contributed by atoms with Crippen molar-refractivity contribution in [2.75, 3.05) is 18.5 Å². The first kappa shape index (κ1) is 19.6. The van der Waals surface area contributed by atoms with Gasteiger partial charge in [-0.3, -0.25) is 5.32 Å². The van der Waals surface area contributed by atoms with Crippen molar-refractivity contribution in [3.63, 3.8) is 0 Å². The van der Waals surface area contributed by atoms with Gasteiger partial charge in [-0.1, -0.05) is 18.2 Å². The summed E-state index contributed by atoms with van der Waals surface area (Å²) in [5.41, 5.74) is -3.01. The Morgan fingerprint density at radius 3 is 2.17 bits per heavy atom. The predicted molar refractivity (Wildman–Crippen MR) is 80.4 cm³/mol. The summed E-state index contributed by atoms with van der Waals surface area (Å²) < 4.78 is 50.2. The fourth-order valence-corrected chi connectivity index (χ4v) is 1.87. The SMILES string of the molecule is CCOC(=O)N[C@@](Nc1ccccc1C)(C(=O)OCC)C(F)(F)F. The van der Waals surface area contributed by atoms with E-state index in [2.05, 4.69) is 14.8 Å². The van der Waals surface area contributed by atoms with Crippen LogP contribution in [0.4, 0.5) is 23.7 Å². The number of anilines is 1. The lowest BCUT2D eigenvalue weighted by Gasteiger charge is -2.35. The van der Waals surface area contributed by atoms with Crippen molar-refractivity contribution in [3.8, 4) is 0 Å². The van der Waals surface area contributed by atoms with Gasteiger partial charge in [-0.25, -0.2) is 9.59 Å². The molecule has 0 aliphatic carbocycles. The van der Waals surface area contributed by atoms with Crippen LogP contribution in [0.5, 0.6) is 0 Å². The van der Waals surface area contributed by atoms with Crippen molar-refractivity contribution in [1.29, 1.82) is 0 Å². The summed E-state index contributed by atoms with van der Waals surface area (Å²) in [4.78, 5) is 23.7. The molecule has 0 saturated heterocycles. The van der Waals surface area contributed by atoms with Crippen molar-refractivity contribution in [3.05, 3.63) is 29.8 Å². The zero-order valence-corrected chi connectivity index (χ0v) is 13.5. The Balaban J connectivity index is 3.37. The minimum absolute atomic E-state index is 0.0136. The van der Waals surface area contributed by atoms with E-state index in [-0.39, 0.29) is 18.9 Å². The fourth-order valence-electron chi connectivity index (χ4n) is 1.87. The Morgan fingerprint density at radius 1 is 1.08 bits per heavy atom. The monoisotopic (exact) mass is 348 g/mol. The third-order valence-electron chi connectivity index (χ3n) is 3.04. The molecule has 1 aromatic rings. The maximum absolute atomic E-state index is 13.7. The lowest BCUT2D eigenvalue weighted by atomic mass is 10.1. The average molecular weight is 348 g/mol. The van der Waals surface area contributed by atoms with Gasteiger partial charge in [0.25, 0.3) is 0 Å². The number of esters is 1. The molecular formula is C15H19F3N2O4. The Labute approximate surface area is 137 Å². The number of alkyl carbamates (subject to hydrolysis) is 1. The van der Waals surface area contributed by atoms with Gasteiger partial charge in [0.2, 0.25) is 0 Å². The number of carbonyl (C=O) groups excluding carboxylic acids is 2. The predicted octanol–water partition coefficient (Wildman–Crippen LogP) is 2.97.